The van der Waals surface area contributed by atoms with E-state index in [0.29, 0.717) is 37.6 Å². The van der Waals surface area contributed by atoms with Gasteiger partial charge in [-0.05, 0) is 0 Å². The van der Waals surface area contributed by atoms with Gasteiger partial charge in [0.05, 0.1) is 0 Å². The van der Waals surface area contributed by atoms with E-state index in [2.05, 4.69) is 27.7 Å². The van der Waals surface area contributed by atoms with Crippen LogP contribution >= 0.6 is 0 Å². The Labute approximate surface area is 148 Å². The molecule has 0 aromatic carbocycles. The number of rotatable bonds is 4. The molecule has 6 aliphatic rings. The van der Waals surface area contributed by atoms with Crippen LogP contribution in [0, 0.1) is 34.5 Å². The molecule has 0 radical (unpaired) electrons. The minimum atomic E-state index is -0.430. The third-order valence-electron chi connectivity index (χ3n) is 8.79. The first-order chi connectivity index (χ1) is 10.6. The van der Waals surface area contributed by atoms with E-state index in [1.54, 1.807) is 0 Å². The Morgan fingerprint density at radius 3 is 1.48 bits per heavy atom. The molecular weight excluding hydrogens is 351 g/mol. The summed E-state index contributed by atoms with van der Waals surface area (Å²) in [6.07, 6.45) is 6.89. The van der Waals surface area contributed by atoms with Crippen LogP contribution in [0.15, 0.2) is 0 Å². The molecule has 6 saturated carbocycles. The molecule has 0 unspecified atom stereocenters. The second kappa shape index (κ2) is 5.00. The second-order valence-electron chi connectivity index (χ2n) is 10.4. The Bertz CT molecular complexity index is 454. The number of fused-ring (bicyclic) bond motifs is 4. The zero-order valence-corrected chi connectivity index (χ0v) is 17.0. The van der Waals surface area contributed by atoms with Crippen molar-refractivity contribution >= 4 is 15.0 Å². The van der Waals surface area contributed by atoms with Crippen molar-refractivity contribution in [2.75, 3.05) is 0 Å². The summed E-state index contributed by atoms with van der Waals surface area (Å²) in [7, 11) is 0. The molecule has 23 heavy (non-hydrogen) atoms. The maximum atomic E-state index is 11.2. The van der Waals surface area contributed by atoms with Gasteiger partial charge < -0.3 is 0 Å². The maximum absolute atomic E-state index is 11.2. The first-order valence-electron chi connectivity index (χ1n) is 9.62. The molecule has 0 spiro atoms. The van der Waals surface area contributed by atoms with Gasteiger partial charge in [-0.25, -0.2) is 0 Å². The molecule has 0 aliphatic heterocycles. The summed E-state index contributed by atoms with van der Waals surface area (Å²) in [6.45, 7) is 9.42. The predicted octanol–water partition coefficient (Wildman–Crippen LogP) is 3.90. The Hall–Kier alpha value is 0.439. The summed E-state index contributed by atoms with van der Waals surface area (Å²) in [5.41, 5.74) is -0.177. The Morgan fingerprint density at radius 1 is 0.783 bits per heavy atom. The van der Waals surface area contributed by atoms with Gasteiger partial charge in [0.15, 0.2) is 0 Å². The van der Waals surface area contributed by atoms with Gasteiger partial charge in [0.25, 0.3) is 0 Å². The molecule has 3 heteroatoms. The van der Waals surface area contributed by atoms with E-state index >= 15 is 0 Å². The van der Waals surface area contributed by atoms with Gasteiger partial charge >= 0.3 is 148 Å². The van der Waals surface area contributed by atoms with Gasteiger partial charge in [0.1, 0.15) is 0 Å². The summed E-state index contributed by atoms with van der Waals surface area (Å²) in [6, 6.07) is 0. The Morgan fingerprint density at radius 2 is 1.17 bits per heavy atom. The van der Waals surface area contributed by atoms with Crippen LogP contribution in [0.2, 0.25) is 10.6 Å². The molecule has 4 bridgehead atoms. The van der Waals surface area contributed by atoms with Crippen molar-refractivity contribution in [2.45, 2.75) is 88.1 Å². The minimum absolute atomic E-state index is 0.341. The number of aliphatic hydroxyl groups is 2. The quantitative estimate of drug-likeness (QED) is 0.721. The van der Waals surface area contributed by atoms with Gasteiger partial charge in [-0.1, -0.05) is 0 Å². The van der Waals surface area contributed by atoms with Crippen molar-refractivity contribution in [3.05, 3.63) is 0 Å². The molecule has 132 valence electrons. The first-order valence-corrected chi connectivity index (χ1v) is 12.0. The van der Waals surface area contributed by atoms with Crippen LogP contribution in [0.4, 0.5) is 0 Å². The van der Waals surface area contributed by atoms with Crippen molar-refractivity contribution in [1.82, 2.24) is 0 Å². The van der Waals surface area contributed by atoms with Crippen molar-refractivity contribution < 1.29 is 10.2 Å². The van der Waals surface area contributed by atoms with E-state index in [1.807, 2.05) is 0 Å². The molecule has 6 fully saturated rings. The van der Waals surface area contributed by atoms with Gasteiger partial charge in [0, 0.05) is 0 Å². The third kappa shape index (κ3) is 2.26. The summed E-state index contributed by atoms with van der Waals surface area (Å²) >= 11 is 0.362. The Balaban J connectivity index is 1.37. The summed E-state index contributed by atoms with van der Waals surface area (Å²) in [5, 5.41) is 24.4. The Kier molecular flexibility index (Phi) is 3.67. The molecular formula is C20H34O2Se. The standard InChI is InChI=1S/C20H34O2Se/c1-17(2)13-5-7-19(21,15(17)9-13)11-23-12-20(22)8-6-14-10-16(20)18(14,3)4/h13-16,21-22H,5-12H2,1-4H3/t13-,14-,15+,16+,19+,20+/m0/s1. The SMILES string of the molecule is CC1(C)[C@H]2CC[C@@](O)(C[Se]C[C@]3(O)CC[C@H]4C[C@@H]3C4(C)C)[C@@H]1C2. The predicted molar refractivity (Wildman–Crippen MR) is 94.5 cm³/mol. The van der Waals surface area contributed by atoms with Crippen molar-refractivity contribution in [3.63, 3.8) is 0 Å². The van der Waals surface area contributed by atoms with E-state index in [-0.39, 0.29) is 0 Å². The molecule has 2 N–H and O–H groups in total. The van der Waals surface area contributed by atoms with Crippen LogP contribution in [0.1, 0.15) is 66.2 Å². The van der Waals surface area contributed by atoms with Crippen LogP contribution in [0.3, 0.4) is 0 Å². The molecule has 6 rings (SSSR count). The first kappa shape index (κ1) is 16.9. The summed E-state index contributed by atoms with van der Waals surface area (Å²) in [4.78, 5) is 0. The molecule has 0 saturated heterocycles. The zero-order valence-electron chi connectivity index (χ0n) is 15.3. The molecule has 6 atom stereocenters. The fourth-order valence-electron chi connectivity index (χ4n) is 6.78. The molecule has 0 heterocycles. The van der Waals surface area contributed by atoms with E-state index in [0.717, 1.165) is 35.3 Å². The van der Waals surface area contributed by atoms with E-state index < -0.39 is 11.2 Å². The van der Waals surface area contributed by atoms with Crippen LogP contribution in [-0.4, -0.2) is 36.4 Å². The molecule has 6 aliphatic carbocycles. The fraction of sp³-hybridized carbons (Fsp3) is 1.00. The van der Waals surface area contributed by atoms with Crippen LogP contribution in [-0.2, 0) is 0 Å². The van der Waals surface area contributed by atoms with E-state index in [1.165, 1.54) is 25.7 Å². The van der Waals surface area contributed by atoms with Crippen LogP contribution < -0.4 is 0 Å². The van der Waals surface area contributed by atoms with Crippen LogP contribution in [0.5, 0.6) is 0 Å². The average molecular weight is 385 g/mol. The third-order valence-corrected chi connectivity index (χ3v) is 11.7. The molecule has 0 aromatic rings. The van der Waals surface area contributed by atoms with Crippen LogP contribution in [0.25, 0.3) is 0 Å². The zero-order chi connectivity index (χ0) is 16.7. The average Bonchev–Trinajstić information content (AvgIpc) is 2.45. The van der Waals surface area contributed by atoms with Gasteiger partial charge in [-0.2, -0.15) is 0 Å². The second-order valence-corrected chi connectivity index (χ2v) is 12.5. The molecule has 2 nitrogen and oxygen atoms in total. The van der Waals surface area contributed by atoms with Gasteiger partial charge in [-0.15, -0.1) is 0 Å². The monoisotopic (exact) mass is 386 g/mol. The van der Waals surface area contributed by atoms with E-state index in [4.69, 9.17) is 0 Å². The molecule has 0 amide bonds. The van der Waals surface area contributed by atoms with Crippen molar-refractivity contribution in [1.29, 1.82) is 0 Å². The van der Waals surface area contributed by atoms with Crippen molar-refractivity contribution in [2.24, 2.45) is 34.5 Å². The topological polar surface area (TPSA) is 40.5 Å². The molecule has 0 aromatic heterocycles. The van der Waals surface area contributed by atoms with Gasteiger partial charge in [0.2, 0.25) is 0 Å². The summed E-state index contributed by atoms with van der Waals surface area (Å²) in [5.74, 6) is 2.69. The van der Waals surface area contributed by atoms with Gasteiger partial charge in [-0.3, -0.25) is 0 Å². The summed E-state index contributed by atoms with van der Waals surface area (Å²) < 4.78 is 0. The number of hydrogen-bond acceptors (Lipinski definition) is 2. The fourth-order valence-corrected chi connectivity index (χ4v) is 9.93. The normalized spacial score (nSPS) is 52.4. The van der Waals surface area contributed by atoms with Crippen molar-refractivity contribution in [3.8, 4) is 0 Å². The van der Waals surface area contributed by atoms with E-state index in [9.17, 15) is 10.2 Å². The number of hydrogen-bond donors (Lipinski definition) is 2.